The van der Waals surface area contributed by atoms with E-state index in [1.165, 1.54) is 7.05 Å². The van der Waals surface area contributed by atoms with Crippen LogP contribution >= 0.6 is 11.3 Å². The van der Waals surface area contributed by atoms with E-state index in [-0.39, 0.29) is 18.9 Å². The molecule has 1 fully saturated rings. The highest BCUT2D eigenvalue weighted by Crippen LogP contribution is 2.38. The first-order valence-electron chi connectivity index (χ1n) is 6.26. The lowest BCUT2D eigenvalue weighted by Crippen LogP contribution is -2.41. The van der Waals surface area contributed by atoms with Gasteiger partial charge in [0, 0.05) is 20.1 Å². The van der Waals surface area contributed by atoms with Crippen LogP contribution in [0.15, 0.2) is 6.07 Å². The predicted octanol–water partition coefficient (Wildman–Crippen LogP) is 2.47. The summed E-state index contributed by atoms with van der Waals surface area (Å²) >= 11 is 1.13. The molecule has 112 valence electrons. The number of carbonyl (C=O) groups excluding carboxylic acids is 1. The minimum absolute atomic E-state index is 0.0728. The van der Waals surface area contributed by atoms with Crippen molar-refractivity contribution in [3.8, 4) is 0 Å². The summed E-state index contributed by atoms with van der Waals surface area (Å²) in [5.41, 5.74) is 6.05. The zero-order chi connectivity index (χ0) is 14.9. The normalized spacial score (nSPS) is 20.0. The number of nitrogens with two attached hydrogens (primary N) is 1. The van der Waals surface area contributed by atoms with Gasteiger partial charge < -0.3 is 16.0 Å². The topological polar surface area (TPSA) is 58.4 Å². The molecule has 0 bridgehead atoms. The van der Waals surface area contributed by atoms with Gasteiger partial charge >= 0.3 is 6.18 Å². The molecule has 1 unspecified atom stereocenters. The van der Waals surface area contributed by atoms with Gasteiger partial charge in [0.05, 0.1) is 16.6 Å². The third kappa shape index (κ3) is 3.00. The highest BCUT2D eigenvalue weighted by atomic mass is 32.1. The largest absolute Gasteiger partial charge is 0.397 e. The van der Waals surface area contributed by atoms with Crippen LogP contribution in [0.25, 0.3) is 0 Å². The van der Waals surface area contributed by atoms with Crippen molar-refractivity contribution in [1.29, 1.82) is 0 Å². The molecule has 2 heterocycles. The Labute approximate surface area is 118 Å². The Hall–Kier alpha value is -1.44. The van der Waals surface area contributed by atoms with Gasteiger partial charge in [-0.05, 0) is 18.9 Å². The summed E-state index contributed by atoms with van der Waals surface area (Å²) in [5, 5.41) is 3.08. The second kappa shape index (κ2) is 5.51. The van der Waals surface area contributed by atoms with Crippen LogP contribution < -0.4 is 16.0 Å². The molecule has 1 amide bonds. The van der Waals surface area contributed by atoms with Gasteiger partial charge in [-0.1, -0.05) is 0 Å². The molecule has 1 aromatic rings. The second-order valence-electron chi connectivity index (χ2n) is 4.78. The Morgan fingerprint density at radius 2 is 2.25 bits per heavy atom. The van der Waals surface area contributed by atoms with Crippen LogP contribution in [0.5, 0.6) is 0 Å². The highest BCUT2D eigenvalue weighted by Gasteiger charge is 2.42. The minimum atomic E-state index is -4.18. The molecular formula is C12H16F3N3OS. The van der Waals surface area contributed by atoms with Crippen LogP contribution in [0.1, 0.15) is 22.5 Å². The number of nitrogens with one attached hydrogen (secondary N) is 1. The lowest BCUT2D eigenvalue weighted by atomic mass is 9.98. The molecule has 1 aliphatic heterocycles. The number of carbonyl (C=O) groups is 1. The monoisotopic (exact) mass is 307 g/mol. The van der Waals surface area contributed by atoms with Crippen molar-refractivity contribution in [2.24, 2.45) is 5.92 Å². The zero-order valence-electron chi connectivity index (χ0n) is 11.0. The molecule has 0 spiro atoms. The van der Waals surface area contributed by atoms with Gasteiger partial charge in [0.25, 0.3) is 5.91 Å². The number of nitrogens with zero attached hydrogens (tertiary/aromatic N) is 1. The molecular weight excluding hydrogens is 291 g/mol. The summed E-state index contributed by atoms with van der Waals surface area (Å²) in [5.74, 6) is -1.63. The van der Waals surface area contributed by atoms with Gasteiger partial charge in [-0.15, -0.1) is 11.3 Å². The first kappa shape index (κ1) is 15.0. The van der Waals surface area contributed by atoms with Crippen molar-refractivity contribution in [2.45, 2.75) is 19.0 Å². The maximum absolute atomic E-state index is 12.8. The number of nitrogen functional groups attached to an aromatic ring is 1. The molecule has 0 aromatic carbocycles. The third-order valence-corrected chi connectivity index (χ3v) is 4.59. The van der Waals surface area contributed by atoms with E-state index >= 15 is 0 Å². The van der Waals surface area contributed by atoms with Gasteiger partial charge in [-0.25, -0.2) is 0 Å². The standard InChI is InChI=1S/C12H16F3N3OS/c1-17-11(19)10-8(16)5-9(20-10)18-4-2-3-7(6-18)12(13,14)15/h5,7H,2-4,6,16H2,1H3,(H,17,19). The molecule has 2 rings (SSSR count). The first-order valence-corrected chi connectivity index (χ1v) is 7.07. The fourth-order valence-corrected chi connectivity index (χ4v) is 3.34. The van der Waals surface area contributed by atoms with E-state index in [2.05, 4.69) is 5.32 Å². The van der Waals surface area contributed by atoms with E-state index in [1.807, 2.05) is 0 Å². The molecule has 1 saturated heterocycles. The number of alkyl halides is 3. The van der Waals surface area contributed by atoms with Crippen LogP contribution in [0.2, 0.25) is 0 Å². The summed E-state index contributed by atoms with van der Waals surface area (Å²) in [4.78, 5) is 13.6. The number of hydrogen-bond donors (Lipinski definition) is 2. The van der Waals surface area contributed by atoms with E-state index in [0.717, 1.165) is 11.3 Å². The summed E-state index contributed by atoms with van der Waals surface area (Å²) in [7, 11) is 1.49. The fourth-order valence-electron chi connectivity index (χ4n) is 2.28. The van der Waals surface area contributed by atoms with Crippen molar-refractivity contribution in [3.05, 3.63) is 10.9 Å². The summed E-state index contributed by atoms with van der Waals surface area (Å²) in [6.07, 6.45) is -3.54. The smallest absolute Gasteiger partial charge is 0.393 e. The number of anilines is 2. The first-order chi connectivity index (χ1) is 9.32. The SMILES string of the molecule is CNC(=O)c1sc(N2CCCC(C(F)(F)F)C2)cc1N. The predicted molar refractivity (Wildman–Crippen MR) is 73.1 cm³/mol. The lowest BCUT2D eigenvalue weighted by Gasteiger charge is -2.34. The number of hydrogen-bond acceptors (Lipinski definition) is 4. The van der Waals surface area contributed by atoms with Crippen LogP contribution in [0.3, 0.4) is 0 Å². The van der Waals surface area contributed by atoms with Gasteiger partial charge in [0.1, 0.15) is 4.88 Å². The molecule has 20 heavy (non-hydrogen) atoms. The Kier molecular flexibility index (Phi) is 4.12. The fraction of sp³-hybridized carbons (Fsp3) is 0.583. The Morgan fingerprint density at radius 1 is 1.55 bits per heavy atom. The van der Waals surface area contributed by atoms with Crippen LogP contribution in [0, 0.1) is 5.92 Å². The molecule has 0 radical (unpaired) electrons. The molecule has 3 N–H and O–H groups in total. The molecule has 0 saturated carbocycles. The van der Waals surface area contributed by atoms with Gasteiger partial charge in [0.15, 0.2) is 0 Å². The Bertz CT molecular complexity index is 501. The van der Waals surface area contributed by atoms with E-state index in [9.17, 15) is 18.0 Å². The molecule has 4 nitrogen and oxygen atoms in total. The number of amides is 1. The number of thiophene rings is 1. The van der Waals surface area contributed by atoms with Crippen molar-refractivity contribution in [3.63, 3.8) is 0 Å². The summed E-state index contributed by atoms with van der Waals surface area (Å²) < 4.78 is 38.4. The molecule has 8 heteroatoms. The second-order valence-corrected chi connectivity index (χ2v) is 5.81. The number of piperidine rings is 1. The number of halogens is 3. The quantitative estimate of drug-likeness (QED) is 0.882. The van der Waals surface area contributed by atoms with E-state index in [1.54, 1.807) is 11.0 Å². The van der Waals surface area contributed by atoms with Crippen LogP contribution in [-0.2, 0) is 0 Å². The van der Waals surface area contributed by atoms with Gasteiger partial charge in [-0.2, -0.15) is 13.2 Å². The van der Waals surface area contributed by atoms with Crippen LogP contribution in [-0.4, -0.2) is 32.2 Å². The summed E-state index contributed by atoms with van der Waals surface area (Å²) in [6, 6.07) is 1.58. The Balaban J connectivity index is 2.17. The minimum Gasteiger partial charge on any atom is -0.397 e. The molecule has 0 aliphatic carbocycles. The molecule has 1 atom stereocenters. The van der Waals surface area contributed by atoms with Crippen molar-refractivity contribution >= 4 is 27.9 Å². The number of rotatable bonds is 2. The Morgan fingerprint density at radius 3 is 2.85 bits per heavy atom. The zero-order valence-corrected chi connectivity index (χ0v) is 11.8. The van der Waals surface area contributed by atoms with Crippen LogP contribution in [0.4, 0.5) is 23.9 Å². The van der Waals surface area contributed by atoms with Crippen molar-refractivity contribution in [1.82, 2.24) is 5.32 Å². The molecule has 1 aliphatic rings. The summed E-state index contributed by atoms with van der Waals surface area (Å²) in [6.45, 7) is 0.482. The van der Waals surface area contributed by atoms with E-state index < -0.39 is 12.1 Å². The highest BCUT2D eigenvalue weighted by molar-refractivity contribution is 7.18. The van der Waals surface area contributed by atoms with Gasteiger partial charge in [0.2, 0.25) is 0 Å². The van der Waals surface area contributed by atoms with E-state index in [4.69, 9.17) is 5.73 Å². The third-order valence-electron chi connectivity index (χ3n) is 3.38. The average Bonchev–Trinajstić information content (AvgIpc) is 2.79. The maximum atomic E-state index is 12.8. The van der Waals surface area contributed by atoms with Crippen molar-refractivity contribution < 1.29 is 18.0 Å². The van der Waals surface area contributed by atoms with Gasteiger partial charge in [-0.3, -0.25) is 4.79 Å². The molecule has 1 aromatic heterocycles. The van der Waals surface area contributed by atoms with Crippen molar-refractivity contribution in [2.75, 3.05) is 30.8 Å². The average molecular weight is 307 g/mol. The lowest BCUT2D eigenvalue weighted by molar-refractivity contribution is -0.175. The van der Waals surface area contributed by atoms with E-state index in [0.29, 0.717) is 28.5 Å². The maximum Gasteiger partial charge on any atom is 0.393 e.